The van der Waals surface area contributed by atoms with Gasteiger partial charge < -0.3 is 29.4 Å². The summed E-state index contributed by atoms with van der Waals surface area (Å²) in [5.74, 6) is 0.642. The lowest BCUT2D eigenvalue weighted by Gasteiger charge is -2.31. The first-order valence-electron chi connectivity index (χ1n) is 16.8. The van der Waals surface area contributed by atoms with Gasteiger partial charge in [0.25, 0.3) is 5.91 Å². The molecule has 0 saturated heterocycles. The fourth-order valence-electron chi connectivity index (χ4n) is 6.66. The van der Waals surface area contributed by atoms with E-state index in [4.69, 9.17) is 41.0 Å². The summed E-state index contributed by atoms with van der Waals surface area (Å²) >= 11 is 6.01. The van der Waals surface area contributed by atoms with Crippen LogP contribution in [0, 0.1) is 24.7 Å². The Labute approximate surface area is 292 Å². The van der Waals surface area contributed by atoms with Gasteiger partial charge in [-0.15, -0.1) is 0 Å². The monoisotopic (exact) mass is 694 g/mol. The molecular weight excluding hydrogens is 648 g/mol. The number of ether oxygens (including phenoxy) is 5. The van der Waals surface area contributed by atoms with Gasteiger partial charge in [-0.05, 0) is 113 Å². The number of nitrogens with zero attached hydrogens (tertiary/aromatic N) is 1. The van der Waals surface area contributed by atoms with E-state index in [0.717, 1.165) is 12.5 Å². The van der Waals surface area contributed by atoms with Crippen molar-refractivity contribution >= 4 is 40.3 Å². The van der Waals surface area contributed by atoms with Crippen LogP contribution in [0.1, 0.15) is 68.1 Å². The number of rotatable bonds is 16. The molecular formula is C38H47ClN2O8. The van der Waals surface area contributed by atoms with Gasteiger partial charge in [-0.1, -0.05) is 23.8 Å². The van der Waals surface area contributed by atoms with Gasteiger partial charge in [-0.25, -0.2) is 4.79 Å². The molecule has 264 valence electrons. The van der Waals surface area contributed by atoms with Crippen LogP contribution in [0.15, 0.2) is 54.6 Å². The summed E-state index contributed by atoms with van der Waals surface area (Å²) in [4.78, 5) is 38.9. The van der Waals surface area contributed by atoms with E-state index in [9.17, 15) is 14.4 Å². The molecule has 0 aliphatic heterocycles. The molecule has 49 heavy (non-hydrogen) atoms. The minimum Gasteiger partial charge on any atom is -0.497 e. The summed E-state index contributed by atoms with van der Waals surface area (Å²) < 4.78 is 29.7. The molecule has 2 aliphatic rings. The number of allylic oxidation sites excluding steroid dienone is 2. The maximum atomic E-state index is 13.5. The molecule has 1 heterocycles. The lowest BCUT2D eigenvalue weighted by Crippen LogP contribution is -2.42. The maximum Gasteiger partial charge on any atom is 0.339 e. The number of carbonyl (C=O) groups excluding carboxylic acids is 3. The summed E-state index contributed by atoms with van der Waals surface area (Å²) in [7, 11) is 1.53. The zero-order valence-electron chi connectivity index (χ0n) is 29.0. The predicted molar refractivity (Wildman–Crippen MR) is 187 cm³/mol. The van der Waals surface area contributed by atoms with E-state index in [-0.39, 0.29) is 24.5 Å². The van der Waals surface area contributed by atoms with Gasteiger partial charge in [0.1, 0.15) is 18.1 Å². The molecule has 0 amide bonds. The van der Waals surface area contributed by atoms with Gasteiger partial charge in [0.2, 0.25) is 0 Å². The number of aromatic nitrogens is 1. The van der Waals surface area contributed by atoms with E-state index in [1.807, 2.05) is 0 Å². The lowest BCUT2D eigenvalue weighted by molar-refractivity contribution is -0.163. The molecule has 0 radical (unpaired) electrons. The van der Waals surface area contributed by atoms with Crippen LogP contribution in [0.2, 0.25) is 5.02 Å². The smallest absolute Gasteiger partial charge is 0.339 e. The van der Waals surface area contributed by atoms with E-state index >= 15 is 0 Å². The molecule has 4 unspecified atom stereocenters. The van der Waals surface area contributed by atoms with Crippen LogP contribution in [-0.2, 0) is 35.0 Å². The van der Waals surface area contributed by atoms with Gasteiger partial charge >= 0.3 is 11.9 Å². The van der Waals surface area contributed by atoms with E-state index in [1.165, 1.54) is 24.5 Å². The minimum absolute atomic E-state index is 0.132. The number of hydrogen-bond acceptors (Lipinski definition) is 9. The van der Waals surface area contributed by atoms with Crippen LogP contribution in [-0.4, -0.2) is 67.3 Å². The lowest BCUT2D eigenvalue weighted by atomic mass is 9.94. The number of hydrogen-bond donors (Lipinski definition) is 1. The molecule has 1 fully saturated rings. The van der Waals surface area contributed by atoms with E-state index in [0.29, 0.717) is 69.8 Å². The largest absolute Gasteiger partial charge is 0.497 e. The predicted octanol–water partition coefficient (Wildman–Crippen LogP) is 6.41. The van der Waals surface area contributed by atoms with E-state index < -0.39 is 24.3 Å². The van der Waals surface area contributed by atoms with Crippen molar-refractivity contribution in [3.63, 3.8) is 0 Å². The molecule has 2 bridgehead atoms. The molecule has 2 N–H and O–H groups in total. The molecule has 5 rings (SSSR count). The molecule has 4 atom stereocenters. The SMILES string of the molecule is COc1ccc2c(c1)c(CC(=O)OC(=O)COCCC(C)(N)OCCC(C)(C)OCC1CC3C=CC1C3)c(C)n2C(=O)c1ccc(Cl)cc1. The van der Waals surface area contributed by atoms with Crippen LogP contribution < -0.4 is 10.5 Å². The van der Waals surface area contributed by atoms with Crippen molar-refractivity contribution in [3.05, 3.63) is 76.5 Å². The van der Waals surface area contributed by atoms with Crippen molar-refractivity contribution in [3.8, 4) is 5.75 Å². The van der Waals surface area contributed by atoms with Crippen molar-refractivity contribution in [2.75, 3.05) is 33.5 Å². The van der Waals surface area contributed by atoms with Gasteiger partial charge in [0.05, 0.1) is 44.5 Å². The number of methoxy groups -OCH3 is 1. The number of halogens is 1. The number of nitrogens with two attached hydrogens (primary N) is 1. The average Bonchev–Trinajstić information content (AvgIpc) is 3.75. The number of esters is 2. The third kappa shape index (κ3) is 9.38. The molecule has 1 saturated carbocycles. The van der Waals surface area contributed by atoms with Crippen molar-refractivity contribution in [1.29, 1.82) is 0 Å². The molecule has 2 aliphatic carbocycles. The van der Waals surface area contributed by atoms with Crippen LogP contribution in [0.3, 0.4) is 0 Å². The fraction of sp³-hybridized carbons (Fsp3) is 0.500. The van der Waals surface area contributed by atoms with Crippen LogP contribution in [0.5, 0.6) is 5.75 Å². The Morgan fingerprint density at radius 1 is 0.959 bits per heavy atom. The molecule has 10 nitrogen and oxygen atoms in total. The third-order valence-electron chi connectivity index (χ3n) is 9.59. The number of carbonyl (C=O) groups is 3. The second-order valence-corrected chi connectivity index (χ2v) is 14.4. The zero-order valence-corrected chi connectivity index (χ0v) is 29.7. The zero-order chi connectivity index (χ0) is 35.3. The molecule has 0 spiro atoms. The Morgan fingerprint density at radius 3 is 2.39 bits per heavy atom. The second-order valence-electron chi connectivity index (χ2n) is 13.9. The van der Waals surface area contributed by atoms with Gasteiger partial charge in [0, 0.05) is 28.1 Å². The van der Waals surface area contributed by atoms with Crippen molar-refractivity contribution < 1.29 is 38.1 Å². The van der Waals surface area contributed by atoms with E-state index in [2.05, 4.69) is 26.0 Å². The highest BCUT2D eigenvalue weighted by atomic mass is 35.5. The highest BCUT2D eigenvalue weighted by Crippen LogP contribution is 2.44. The molecule has 1 aromatic heterocycles. The Hall–Kier alpha value is -3.54. The average molecular weight is 695 g/mol. The Morgan fingerprint density at radius 2 is 1.71 bits per heavy atom. The Balaban J connectivity index is 1.07. The van der Waals surface area contributed by atoms with E-state index in [1.54, 1.807) is 56.3 Å². The first-order chi connectivity index (χ1) is 23.2. The first-order valence-corrected chi connectivity index (χ1v) is 17.2. The van der Waals surface area contributed by atoms with Gasteiger partial charge in [-0.2, -0.15) is 0 Å². The van der Waals surface area contributed by atoms with Crippen molar-refractivity contribution in [1.82, 2.24) is 4.57 Å². The van der Waals surface area contributed by atoms with Crippen molar-refractivity contribution in [2.24, 2.45) is 23.5 Å². The summed E-state index contributed by atoms with van der Waals surface area (Å²) in [6, 6.07) is 11.8. The van der Waals surface area contributed by atoms with Crippen LogP contribution in [0.4, 0.5) is 0 Å². The molecule has 11 heteroatoms. The molecule has 3 aromatic rings. The maximum absolute atomic E-state index is 13.5. The highest BCUT2D eigenvalue weighted by Gasteiger charge is 2.36. The normalized spacial score (nSPS) is 19.7. The fourth-order valence-corrected chi connectivity index (χ4v) is 6.78. The number of fused-ring (bicyclic) bond motifs is 3. The summed E-state index contributed by atoms with van der Waals surface area (Å²) in [6.07, 6.45) is 7.93. The summed E-state index contributed by atoms with van der Waals surface area (Å²) in [5.41, 5.74) is 7.13. The summed E-state index contributed by atoms with van der Waals surface area (Å²) in [5, 5.41) is 1.15. The topological polar surface area (TPSA) is 128 Å². The minimum atomic E-state index is -0.971. The first kappa shape index (κ1) is 36.7. The number of benzene rings is 2. The Kier molecular flexibility index (Phi) is 11.7. The quantitative estimate of drug-likeness (QED) is 0.0595. The van der Waals surface area contributed by atoms with Crippen LogP contribution in [0.25, 0.3) is 10.9 Å². The van der Waals surface area contributed by atoms with Gasteiger partial charge in [-0.3, -0.25) is 14.2 Å². The van der Waals surface area contributed by atoms with Crippen LogP contribution >= 0.6 is 11.6 Å². The molecule has 2 aromatic carbocycles. The standard InChI is InChI=1S/C38H47ClN2O8/c1-24-31(32-20-30(45-5)12-13-33(32)41(24)36(44)26-8-10-29(39)11-9-26)21-34(42)49-35(43)23-46-16-15-38(4,40)47-17-14-37(2,3)48-22-28-19-25-6-7-27(28)18-25/h6-13,20,25,27-28H,14-19,21-23,40H2,1-5H3. The Bertz CT molecular complexity index is 1690. The second kappa shape index (κ2) is 15.6. The summed E-state index contributed by atoms with van der Waals surface area (Å²) in [6.45, 7) is 8.52. The highest BCUT2D eigenvalue weighted by molar-refractivity contribution is 6.30. The van der Waals surface area contributed by atoms with Crippen molar-refractivity contribution in [2.45, 2.75) is 71.1 Å². The third-order valence-corrected chi connectivity index (χ3v) is 9.84. The van der Waals surface area contributed by atoms with Gasteiger partial charge in [0.15, 0.2) is 0 Å².